The Kier molecular flexibility index (Phi) is 4.84. The molecule has 0 saturated heterocycles. The number of thiophene rings is 1. The van der Waals surface area contributed by atoms with Crippen molar-refractivity contribution in [2.45, 2.75) is 39.3 Å². The highest BCUT2D eigenvalue weighted by Gasteiger charge is 2.19. The van der Waals surface area contributed by atoms with Crippen LogP contribution in [0.15, 0.2) is 37.3 Å². The summed E-state index contributed by atoms with van der Waals surface area (Å²) in [5.74, 6) is -0.363. The van der Waals surface area contributed by atoms with Gasteiger partial charge >= 0.3 is 5.76 Å². The Morgan fingerprint density at radius 1 is 1.40 bits per heavy atom. The minimum absolute atomic E-state index is 0.141. The molecule has 0 unspecified atom stereocenters. The molecule has 3 aromatic heterocycles. The Bertz CT molecular complexity index is 907. The van der Waals surface area contributed by atoms with Crippen LogP contribution < -0.4 is 11.1 Å². The first-order valence-electron chi connectivity index (χ1n) is 7.83. The zero-order valence-electron chi connectivity index (χ0n) is 14.1. The van der Waals surface area contributed by atoms with Gasteiger partial charge in [0.15, 0.2) is 0 Å². The molecule has 9 heteroatoms. The molecule has 132 valence electrons. The van der Waals surface area contributed by atoms with Crippen LogP contribution in [0.3, 0.4) is 0 Å². The van der Waals surface area contributed by atoms with E-state index in [1.807, 2.05) is 31.4 Å². The average Bonchev–Trinajstić information content (AvgIpc) is 3.27. The lowest BCUT2D eigenvalue weighted by Crippen LogP contribution is -2.37. The van der Waals surface area contributed by atoms with Gasteiger partial charge in [-0.05, 0) is 24.3 Å². The molecule has 0 radical (unpaired) electrons. The number of hydrogen-bond acceptors (Lipinski definition) is 7. The molecule has 0 aliphatic rings. The van der Waals surface area contributed by atoms with Gasteiger partial charge in [-0.25, -0.2) is 4.79 Å². The number of carbonyl (C=O) groups excluding carboxylic acids is 1. The Morgan fingerprint density at radius 2 is 2.20 bits per heavy atom. The van der Waals surface area contributed by atoms with Gasteiger partial charge in [-0.2, -0.15) is 4.68 Å². The predicted octanol–water partition coefficient (Wildman–Crippen LogP) is 2.49. The summed E-state index contributed by atoms with van der Waals surface area (Å²) in [4.78, 5) is 24.9. The monoisotopic (exact) mass is 362 g/mol. The van der Waals surface area contributed by atoms with Crippen LogP contribution in [0.2, 0.25) is 0 Å². The molecule has 0 aromatic carbocycles. The van der Waals surface area contributed by atoms with Crippen molar-refractivity contribution in [3.05, 3.63) is 45.6 Å². The van der Waals surface area contributed by atoms with E-state index < -0.39 is 5.76 Å². The quantitative estimate of drug-likeness (QED) is 0.722. The van der Waals surface area contributed by atoms with Crippen molar-refractivity contribution in [2.75, 3.05) is 0 Å². The maximum Gasteiger partial charge on any atom is 0.437 e. The van der Waals surface area contributed by atoms with Crippen molar-refractivity contribution >= 4 is 17.2 Å². The number of rotatable bonds is 6. The van der Waals surface area contributed by atoms with Gasteiger partial charge in [0.2, 0.25) is 5.76 Å². The lowest BCUT2D eigenvalue weighted by Gasteiger charge is -2.11. The van der Waals surface area contributed by atoms with Crippen LogP contribution in [-0.2, 0) is 6.54 Å². The Labute approximate surface area is 147 Å². The fourth-order valence-corrected chi connectivity index (χ4v) is 2.83. The second-order valence-electron chi connectivity index (χ2n) is 5.98. The number of nitrogens with one attached hydrogen (secondary N) is 1. The summed E-state index contributed by atoms with van der Waals surface area (Å²) in [6.45, 7) is 5.88. The lowest BCUT2D eigenvalue weighted by molar-refractivity contribution is 0.0898. The number of hydrogen-bond donors (Lipinski definition) is 1. The van der Waals surface area contributed by atoms with Gasteiger partial charge in [-0.1, -0.05) is 25.1 Å². The van der Waals surface area contributed by atoms with Crippen LogP contribution in [-0.4, -0.2) is 26.9 Å². The van der Waals surface area contributed by atoms with Gasteiger partial charge in [0, 0.05) is 12.1 Å². The number of amides is 1. The smallest absolute Gasteiger partial charge is 0.387 e. The van der Waals surface area contributed by atoms with Gasteiger partial charge in [0.25, 0.3) is 11.8 Å². The second kappa shape index (κ2) is 7.06. The molecule has 3 rings (SSSR count). The molecule has 0 aliphatic carbocycles. The van der Waals surface area contributed by atoms with Gasteiger partial charge in [-0.3, -0.25) is 4.79 Å². The molecule has 3 heterocycles. The molecule has 8 nitrogen and oxygen atoms in total. The van der Waals surface area contributed by atoms with Gasteiger partial charge in [-0.15, -0.1) is 16.4 Å². The normalized spacial score (nSPS) is 12.5. The molecule has 1 N–H and O–H groups in total. The molecular formula is C16H18N4O4S. The van der Waals surface area contributed by atoms with E-state index in [2.05, 4.69) is 15.6 Å². The van der Waals surface area contributed by atoms with E-state index in [1.165, 1.54) is 16.0 Å². The highest BCUT2D eigenvalue weighted by Crippen LogP contribution is 2.21. The van der Waals surface area contributed by atoms with Crippen LogP contribution >= 0.6 is 11.3 Å². The molecule has 0 aliphatic heterocycles. The van der Waals surface area contributed by atoms with Crippen LogP contribution in [0.1, 0.15) is 42.9 Å². The van der Waals surface area contributed by atoms with Crippen LogP contribution in [0.5, 0.6) is 0 Å². The molecular weight excluding hydrogens is 344 g/mol. The third kappa shape index (κ3) is 3.87. The van der Waals surface area contributed by atoms with E-state index in [0.29, 0.717) is 5.69 Å². The first-order valence-corrected chi connectivity index (χ1v) is 8.71. The minimum Gasteiger partial charge on any atom is -0.387 e. The minimum atomic E-state index is -0.564. The van der Waals surface area contributed by atoms with Crippen LogP contribution in [0, 0.1) is 0 Å². The molecule has 0 bridgehead atoms. The third-order valence-corrected chi connectivity index (χ3v) is 4.36. The SMILES string of the molecule is CC(C)c1cc(C(=O)N[C@@H](C)Cn2nc(-c3cccs3)oc2=O)on1. The van der Waals surface area contributed by atoms with Gasteiger partial charge in [0.05, 0.1) is 17.1 Å². The summed E-state index contributed by atoms with van der Waals surface area (Å²) in [5.41, 5.74) is 0.714. The first-order chi connectivity index (χ1) is 11.9. The summed E-state index contributed by atoms with van der Waals surface area (Å²) in [7, 11) is 0. The van der Waals surface area contributed by atoms with Crippen molar-refractivity contribution < 1.29 is 13.7 Å². The number of nitrogens with zero attached hydrogens (tertiary/aromatic N) is 3. The maximum absolute atomic E-state index is 12.2. The molecule has 0 saturated carbocycles. The van der Waals surface area contributed by atoms with E-state index in [1.54, 1.807) is 13.0 Å². The number of aromatic nitrogens is 3. The summed E-state index contributed by atoms with van der Waals surface area (Å²) < 4.78 is 11.4. The molecule has 25 heavy (non-hydrogen) atoms. The molecule has 1 atom stereocenters. The summed E-state index contributed by atoms with van der Waals surface area (Å²) >= 11 is 1.43. The lowest BCUT2D eigenvalue weighted by atomic mass is 10.1. The van der Waals surface area contributed by atoms with Gasteiger partial charge < -0.3 is 14.3 Å². The first kappa shape index (κ1) is 17.2. The average molecular weight is 362 g/mol. The topological polar surface area (TPSA) is 103 Å². The zero-order valence-corrected chi connectivity index (χ0v) is 14.9. The van der Waals surface area contributed by atoms with Crippen molar-refractivity contribution in [1.82, 2.24) is 20.3 Å². The molecule has 3 aromatic rings. The van der Waals surface area contributed by atoms with Crippen molar-refractivity contribution in [2.24, 2.45) is 0 Å². The Hall–Kier alpha value is -2.68. The summed E-state index contributed by atoms with van der Waals surface area (Å²) in [6, 6.07) is 4.94. The molecule has 0 spiro atoms. The fourth-order valence-electron chi connectivity index (χ4n) is 2.19. The molecule has 1 amide bonds. The predicted molar refractivity (Wildman–Crippen MR) is 91.6 cm³/mol. The zero-order chi connectivity index (χ0) is 18.0. The fraction of sp³-hybridized carbons (Fsp3) is 0.375. The van der Waals surface area contributed by atoms with Crippen molar-refractivity contribution in [3.63, 3.8) is 0 Å². The van der Waals surface area contributed by atoms with E-state index >= 15 is 0 Å². The number of carbonyl (C=O) groups is 1. The van der Waals surface area contributed by atoms with Crippen molar-refractivity contribution in [1.29, 1.82) is 0 Å². The second-order valence-corrected chi connectivity index (χ2v) is 6.93. The largest absolute Gasteiger partial charge is 0.437 e. The van der Waals surface area contributed by atoms with Crippen LogP contribution in [0.4, 0.5) is 0 Å². The Balaban J connectivity index is 1.65. The standard InChI is InChI=1S/C16H18N4O4S/c1-9(2)11-7-12(24-19-11)14(21)17-10(3)8-20-16(22)23-15(18-20)13-5-4-6-25-13/h4-7,9-10H,8H2,1-3H3,(H,17,21)/t10-/m0/s1. The highest BCUT2D eigenvalue weighted by molar-refractivity contribution is 7.13. The van der Waals surface area contributed by atoms with E-state index in [9.17, 15) is 9.59 Å². The van der Waals surface area contributed by atoms with Crippen LogP contribution in [0.25, 0.3) is 10.8 Å². The maximum atomic E-state index is 12.2. The molecule has 0 fully saturated rings. The highest BCUT2D eigenvalue weighted by atomic mass is 32.1. The van der Waals surface area contributed by atoms with E-state index in [4.69, 9.17) is 8.94 Å². The van der Waals surface area contributed by atoms with E-state index in [0.717, 1.165) is 4.88 Å². The Morgan fingerprint density at radius 3 is 2.84 bits per heavy atom. The van der Waals surface area contributed by atoms with Crippen molar-refractivity contribution in [3.8, 4) is 10.8 Å². The van der Waals surface area contributed by atoms with E-state index in [-0.39, 0.29) is 36.1 Å². The van der Waals surface area contributed by atoms with Gasteiger partial charge in [0.1, 0.15) is 0 Å². The third-order valence-electron chi connectivity index (χ3n) is 3.51. The summed E-state index contributed by atoms with van der Waals surface area (Å²) in [6.07, 6.45) is 0. The summed E-state index contributed by atoms with van der Waals surface area (Å²) in [5, 5.41) is 12.6.